The molecule has 0 amide bonds. The Hall–Kier alpha value is -2.82. The summed E-state index contributed by atoms with van der Waals surface area (Å²) >= 11 is 0. The Bertz CT molecular complexity index is 1150. The molecule has 0 atom stereocenters. The van der Waals surface area contributed by atoms with Crippen molar-refractivity contribution in [1.29, 1.82) is 0 Å². The van der Waals surface area contributed by atoms with Crippen LogP contribution in [0.3, 0.4) is 0 Å². The standard InChI is InChI=1S/C27H26F4O/c1-3-5-17-9-7-16(13-22(17)28)8-10-19-14-21-15-20-12-11-18(6-4-2)24(30)26(20)32-27(21)25(31)23(19)29/h7,9,11-14H,3-6,8,10,15H2,1-2H3. The lowest BCUT2D eigenvalue weighted by atomic mass is 9.94. The van der Waals surface area contributed by atoms with Crippen LogP contribution in [-0.2, 0) is 32.1 Å². The monoisotopic (exact) mass is 442 g/mol. The second kappa shape index (κ2) is 9.35. The molecule has 0 N–H and O–H groups in total. The lowest BCUT2D eigenvalue weighted by Gasteiger charge is -2.23. The Morgan fingerprint density at radius 3 is 2.06 bits per heavy atom. The first kappa shape index (κ1) is 22.4. The van der Waals surface area contributed by atoms with Crippen LogP contribution in [0, 0.1) is 23.3 Å². The molecule has 0 unspecified atom stereocenters. The van der Waals surface area contributed by atoms with Crippen LogP contribution in [0.4, 0.5) is 17.6 Å². The van der Waals surface area contributed by atoms with Crippen molar-refractivity contribution in [2.24, 2.45) is 0 Å². The topological polar surface area (TPSA) is 9.23 Å². The summed E-state index contributed by atoms with van der Waals surface area (Å²) < 4.78 is 64.2. The van der Waals surface area contributed by atoms with Gasteiger partial charge in [-0.25, -0.2) is 13.2 Å². The van der Waals surface area contributed by atoms with Gasteiger partial charge in [0.2, 0.25) is 5.82 Å². The summed E-state index contributed by atoms with van der Waals surface area (Å²) in [5.74, 6) is -3.14. The fourth-order valence-electron chi connectivity index (χ4n) is 4.30. The summed E-state index contributed by atoms with van der Waals surface area (Å²) in [5.41, 5.74) is 3.19. The lowest BCUT2D eigenvalue weighted by Crippen LogP contribution is -2.11. The van der Waals surface area contributed by atoms with Crippen LogP contribution in [0.5, 0.6) is 11.5 Å². The van der Waals surface area contributed by atoms with Crippen molar-refractivity contribution in [3.63, 3.8) is 0 Å². The predicted octanol–water partition coefficient (Wildman–Crippen LogP) is 7.63. The average Bonchev–Trinajstić information content (AvgIpc) is 2.78. The number of hydrogen-bond acceptors (Lipinski definition) is 1. The number of fused-ring (bicyclic) bond motifs is 2. The van der Waals surface area contributed by atoms with Crippen molar-refractivity contribution in [2.45, 2.75) is 58.8 Å². The van der Waals surface area contributed by atoms with Crippen LogP contribution in [0.15, 0.2) is 36.4 Å². The number of hydrogen-bond donors (Lipinski definition) is 0. The molecule has 1 heterocycles. The van der Waals surface area contributed by atoms with Crippen LogP contribution in [-0.4, -0.2) is 0 Å². The van der Waals surface area contributed by atoms with Gasteiger partial charge in [0.05, 0.1) is 0 Å². The first-order valence-corrected chi connectivity index (χ1v) is 11.2. The van der Waals surface area contributed by atoms with Gasteiger partial charge in [-0.2, -0.15) is 4.39 Å². The summed E-state index contributed by atoms with van der Waals surface area (Å²) in [6, 6.07) is 10.1. The maximum atomic E-state index is 14.9. The van der Waals surface area contributed by atoms with Gasteiger partial charge in [0, 0.05) is 17.5 Å². The minimum atomic E-state index is -1.10. The summed E-state index contributed by atoms with van der Waals surface area (Å²) in [7, 11) is 0. The summed E-state index contributed by atoms with van der Waals surface area (Å²) in [6.45, 7) is 3.93. The third-order valence-electron chi connectivity index (χ3n) is 6.00. The molecule has 1 nitrogen and oxygen atoms in total. The molecule has 0 bridgehead atoms. The van der Waals surface area contributed by atoms with Crippen molar-refractivity contribution < 1.29 is 22.3 Å². The van der Waals surface area contributed by atoms with Crippen molar-refractivity contribution in [1.82, 2.24) is 0 Å². The quantitative estimate of drug-likeness (QED) is 0.267. The molecule has 168 valence electrons. The van der Waals surface area contributed by atoms with E-state index in [2.05, 4.69) is 0 Å². The molecule has 0 aliphatic carbocycles. The van der Waals surface area contributed by atoms with E-state index >= 15 is 0 Å². The van der Waals surface area contributed by atoms with Gasteiger partial charge in [-0.05, 0) is 60.1 Å². The normalized spacial score (nSPS) is 12.3. The van der Waals surface area contributed by atoms with Gasteiger partial charge in [-0.3, -0.25) is 0 Å². The Balaban J connectivity index is 1.58. The fraction of sp³-hybridized carbons (Fsp3) is 0.333. The Labute approximate surface area is 186 Å². The molecule has 0 fully saturated rings. The van der Waals surface area contributed by atoms with Crippen LogP contribution in [0.2, 0.25) is 0 Å². The Morgan fingerprint density at radius 1 is 0.656 bits per heavy atom. The number of halogens is 4. The summed E-state index contributed by atoms with van der Waals surface area (Å²) in [4.78, 5) is 0. The third kappa shape index (κ3) is 4.25. The Kier molecular flexibility index (Phi) is 6.54. The molecule has 0 aromatic heterocycles. The van der Waals surface area contributed by atoms with Crippen molar-refractivity contribution in [3.8, 4) is 11.5 Å². The highest BCUT2D eigenvalue weighted by atomic mass is 19.2. The molecule has 4 rings (SSSR count). The van der Waals surface area contributed by atoms with E-state index in [0.29, 0.717) is 41.5 Å². The van der Waals surface area contributed by atoms with Gasteiger partial charge < -0.3 is 4.74 Å². The van der Waals surface area contributed by atoms with Gasteiger partial charge in [-0.1, -0.05) is 51.0 Å². The molecular weight excluding hydrogens is 416 g/mol. The minimum Gasteiger partial charge on any atom is -0.450 e. The number of rotatable bonds is 7. The number of ether oxygens (including phenoxy) is 1. The molecule has 3 aromatic carbocycles. The zero-order chi connectivity index (χ0) is 22.8. The fourth-order valence-corrected chi connectivity index (χ4v) is 4.30. The van der Waals surface area contributed by atoms with Gasteiger partial charge in [-0.15, -0.1) is 0 Å². The first-order valence-electron chi connectivity index (χ1n) is 11.2. The second-order valence-corrected chi connectivity index (χ2v) is 8.38. The highest BCUT2D eigenvalue weighted by Gasteiger charge is 2.28. The van der Waals surface area contributed by atoms with E-state index in [9.17, 15) is 17.6 Å². The number of benzene rings is 3. The van der Waals surface area contributed by atoms with Crippen molar-refractivity contribution in [2.75, 3.05) is 0 Å². The van der Waals surface area contributed by atoms with E-state index in [-0.39, 0.29) is 35.7 Å². The van der Waals surface area contributed by atoms with Crippen molar-refractivity contribution >= 4 is 0 Å². The van der Waals surface area contributed by atoms with Gasteiger partial charge in [0.15, 0.2) is 23.1 Å². The smallest absolute Gasteiger partial charge is 0.201 e. The molecular formula is C27H26F4O. The van der Waals surface area contributed by atoms with E-state index in [4.69, 9.17) is 4.74 Å². The molecule has 0 radical (unpaired) electrons. The second-order valence-electron chi connectivity index (χ2n) is 8.38. The largest absolute Gasteiger partial charge is 0.450 e. The molecule has 3 aromatic rings. The maximum Gasteiger partial charge on any atom is 0.201 e. The molecule has 0 saturated carbocycles. The van der Waals surface area contributed by atoms with Crippen LogP contribution in [0.25, 0.3) is 0 Å². The average molecular weight is 442 g/mol. The molecule has 32 heavy (non-hydrogen) atoms. The zero-order valence-corrected chi connectivity index (χ0v) is 18.3. The molecule has 0 spiro atoms. The SMILES string of the molecule is CCCc1ccc(CCc2cc3c(c(F)c2F)Oc2c(ccc(CCC)c2F)C3)cc1F. The van der Waals surface area contributed by atoms with E-state index in [0.717, 1.165) is 18.4 Å². The van der Waals surface area contributed by atoms with Crippen LogP contribution in [0.1, 0.15) is 60.1 Å². The van der Waals surface area contributed by atoms with E-state index < -0.39 is 17.5 Å². The van der Waals surface area contributed by atoms with Gasteiger partial charge in [0.1, 0.15) is 5.82 Å². The van der Waals surface area contributed by atoms with Crippen LogP contribution < -0.4 is 4.74 Å². The number of aryl methyl sites for hydroxylation is 4. The maximum absolute atomic E-state index is 14.9. The molecule has 5 heteroatoms. The first-order chi connectivity index (χ1) is 15.4. The summed E-state index contributed by atoms with van der Waals surface area (Å²) in [6.07, 6.45) is 3.70. The molecule has 1 aliphatic rings. The van der Waals surface area contributed by atoms with Gasteiger partial charge in [0.25, 0.3) is 0 Å². The van der Waals surface area contributed by atoms with E-state index in [1.54, 1.807) is 24.3 Å². The molecule has 1 aliphatic heterocycles. The van der Waals surface area contributed by atoms with E-state index in [1.807, 2.05) is 19.9 Å². The third-order valence-corrected chi connectivity index (χ3v) is 6.00. The zero-order valence-electron chi connectivity index (χ0n) is 18.3. The van der Waals surface area contributed by atoms with Crippen LogP contribution >= 0.6 is 0 Å². The Morgan fingerprint density at radius 2 is 1.34 bits per heavy atom. The lowest BCUT2D eigenvalue weighted by molar-refractivity contribution is 0.377. The van der Waals surface area contributed by atoms with Gasteiger partial charge >= 0.3 is 0 Å². The minimum absolute atomic E-state index is 0.0165. The molecule has 0 saturated heterocycles. The van der Waals surface area contributed by atoms with Crippen molar-refractivity contribution in [3.05, 3.63) is 93.0 Å². The predicted molar refractivity (Wildman–Crippen MR) is 117 cm³/mol. The summed E-state index contributed by atoms with van der Waals surface area (Å²) in [5, 5.41) is 0. The highest BCUT2D eigenvalue weighted by Crippen LogP contribution is 2.42. The van der Waals surface area contributed by atoms with E-state index in [1.165, 1.54) is 6.07 Å². The highest BCUT2D eigenvalue weighted by molar-refractivity contribution is 5.53.